The van der Waals surface area contributed by atoms with Crippen LogP contribution >= 0.6 is 11.6 Å². The van der Waals surface area contributed by atoms with Crippen molar-refractivity contribution in [2.45, 2.75) is 19.5 Å². The minimum absolute atomic E-state index is 0.00473. The summed E-state index contributed by atoms with van der Waals surface area (Å²) in [4.78, 5) is 4.86. The van der Waals surface area contributed by atoms with E-state index in [2.05, 4.69) is 4.98 Å². The van der Waals surface area contributed by atoms with Gasteiger partial charge in [-0.05, 0) is 12.5 Å². The first-order chi connectivity index (χ1) is 8.39. The Kier molecular flexibility index (Phi) is 4.79. The van der Waals surface area contributed by atoms with Crippen LogP contribution in [0.4, 0.5) is 19.0 Å². The number of hydrogen-bond donors (Lipinski definition) is 0. The molecule has 0 N–H and O–H groups in total. The van der Waals surface area contributed by atoms with Crippen molar-refractivity contribution in [3.8, 4) is 6.07 Å². The molecule has 18 heavy (non-hydrogen) atoms. The summed E-state index contributed by atoms with van der Waals surface area (Å²) in [7, 11) is 0. The molecular weight excluding hydrogens is 267 g/mol. The smallest absolute Gasteiger partial charge is 0.346 e. The molecule has 0 radical (unpaired) electrons. The second-order valence-corrected chi connectivity index (χ2v) is 4.02. The number of nitrogens with zero attached hydrogens (tertiary/aromatic N) is 3. The summed E-state index contributed by atoms with van der Waals surface area (Å²) in [5.41, 5.74) is 0.116. The molecule has 0 aromatic carbocycles. The second-order valence-electron chi connectivity index (χ2n) is 3.64. The summed E-state index contributed by atoms with van der Waals surface area (Å²) in [5, 5.41) is 8.74. The molecule has 1 aromatic heterocycles. The van der Waals surface area contributed by atoms with Gasteiger partial charge in [0.1, 0.15) is 23.5 Å². The summed E-state index contributed by atoms with van der Waals surface area (Å²) >= 11 is 5.87. The van der Waals surface area contributed by atoms with Gasteiger partial charge >= 0.3 is 6.18 Å². The maximum Gasteiger partial charge on any atom is 0.405 e. The van der Waals surface area contributed by atoms with Gasteiger partial charge in [-0.15, -0.1) is 0 Å². The number of nitriles is 1. The number of halogens is 4. The monoisotopic (exact) mass is 277 g/mol. The molecule has 0 fully saturated rings. The SMILES string of the molecule is CCCN(CC(F)(F)F)c1nccc(C#N)c1Cl. The normalized spacial score (nSPS) is 11.1. The van der Waals surface area contributed by atoms with Crippen LogP contribution in [0.1, 0.15) is 18.9 Å². The lowest BCUT2D eigenvalue weighted by atomic mass is 10.2. The molecule has 0 amide bonds. The Bertz CT molecular complexity index is 454. The predicted molar refractivity (Wildman–Crippen MR) is 62.5 cm³/mol. The van der Waals surface area contributed by atoms with Crippen LogP contribution in [-0.2, 0) is 0 Å². The topological polar surface area (TPSA) is 39.9 Å². The number of rotatable bonds is 4. The maximum atomic E-state index is 12.5. The van der Waals surface area contributed by atoms with Gasteiger partial charge in [0, 0.05) is 12.7 Å². The number of hydrogen-bond acceptors (Lipinski definition) is 3. The van der Waals surface area contributed by atoms with Gasteiger partial charge < -0.3 is 4.90 Å². The molecule has 1 aromatic rings. The van der Waals surface area contributed by atoms with Gasteiger partial charge in [-0.1, -0.05) is 18.5 Å². The summed E-state index contributed by atoms with van der Waals surface area (Å²) in [6.45, 7) is 0.787. The van der Waals surface area contributed by atoms with Crippen LogP contribution in [-0.4, -0.2) is 24.2 Å². The van der Waals surface area contributed by atoms with Crippen LogP contribution in [0.5, 0.6) is 0 Å². The maximum absolute atomic E-state index is 12.5. The van der Waals surface area contributed by atoms with Gasteiger partial charge in [0.25, 0.3) is 0 Å². The average molecular weight is 278 g/mol. The van der Waals surface area contributed by atoms with Gasteiger partial charge in [0.15, 0.2) is 0 Å². The first-order valence-electron chi connectivity index (χ1n) is 5.25. The third-order valence-corrected chi connectivity index (χ3v) is 2.53. The van der Waals surface area contributed by atoms with Gasteiger partial charge in [-0.2, -0.15) is 18.4 Å². The van der Waals surface area contributed by atoms with Crippen molar-refractivity contribution in [2.24, 2.45) is 0 Å². The fourth-order valence-electron chi connectivity index (χ4n) is 1.49. The largest absolute Gasteiger partial charge is 0.405 e. The first-order valence-corrected chi connectivity index (χ1v) is 5.63. The highest BCUT2D eigenvalue weighted by molar-refractivity contribution is 6.34. The van der Waals surface area contributed by atoms with Crippen molar-refractivity contribution < 1.29 is 13.2 Å². The quantitative estimate of drug-likeness (QED) is 0.847. The average Bonchev–Trinajstić information content (AvgIpc) is 2.27. The first kappa shape index (κ1) is 14.6. The molecule has 0 aliphatic rings. The Labute approximate surface area is 108 Å². The number of alkyl halides is 3. The molecule has 0 saturated carbocycles. The molecule has 0 spiro atoms. The summed E-state index contributed by atoms with van der Waals surface area (Å²) in [5.74, 6) is -0.00473. The molecule has 1 rings (SSSR count). The fraction of sp³-hybridized carbons (Fsp3) is 0.455. The lowest BCUT2D eigenvalue weighted by molar-refractivity contribution is -0.119. The van der Waals surface area contributed by atoms with E-state index in [-0.39, 0.29) is 22.9 Å². The van der Waals surface area contributed by atoms with Crippen LogP contribution in [0.2, 0.25) is 5.02 Å². The Morgan fingerprint density at radius 2 is 2.17 bits per heavy atom. The molecular formula is C11H11ClF3N3. The molecule has 0 bridgehead atoms. The number of aromatic nitrogens is 1. The fourth-order valence-corrected chi connectivity index (χ4v) is 1.76. The Morgan fingerprint density at radius 3 is 2.67 bits per heavy atom. The Balaban J connectivity index is 3.10. The standard InChI is InChI=1S/C11H11ClF3N3/c1-2-5-18(7-11(13,14)15)10-9(12)8(6-16)3-4-17-10/h3-4H,2,5,7H2,1H3. The molecule has 3 nitrogen and oxygen atoms in total. The van der Waals surface area contributed by atoms with E-state index in [1.54, 1.807) is 6.92 Å². The zero-order valence-electron chi connectivity index (χ0n) is 9.63. The van der Waals surface area contributed by atoms with Crippen molar-refractivity contribution in [1.82, 2.24) is 4.98 Å². The summed E-state index contributed by atoms with van der Waals surface area (Å²) in [6.07, 6.45) is -2.55. The summed E-state index contributed by atoms with van der Waals surface area (Å²) in [6, 6.07) is 3.18. The van der Waals surface area contributed by atoms with Crippen molar-refractivity contribution in [3.05, 3.63) is 22.8 Å². The van der Waals surface area contributed by atoms with Crippen LogP contribution in [0.15, 0.2) is 12.3 Å². The van der Waals surface area contributed by atoms with E-state index < -0.39 is 12.7 Å². The minimum atomic E-state index is -4.34. The summed E-state index contributed by atoms with van der Waals surface area (Å²) < 4.78 is 37.4. The zero-order valence-corrected chi connectivity index (χ0v) is 10.4. The van der Waals surface area contributed by atoms with Gasteiger partial charge in [-0.3, -0.25) is 0 Å². The molecule has 0 saturated heterocycles. The Hall–Kier alpha value is -1.48. The van der Waals surface area contributed by atoms with Crippen LogP contribution in [0.25, 0.3) is 0 Å². The van der Waals surface area contributed by atoms with Crippen LogP contribution in [0.3, 0.4) is 0 Å². The molecule has 1 heterocycles. The van der Waals surface area contributed by atoms with E-state index in [1.807, 2.05) is 6.07 Å². The zero-order chi connectivity index (χ0) is 13.8. The highest BCUT2D eigenvalue weighted by Crippen LogP contribution is 2.29. The second kappa shape index (κ2) is 5.91. The van der Waals surface area contributed by atoms with Crippen molar-refractivity contribution in [1.29, 1.82) is 5.26 Å². The number of anilines is 1. The van der Waals surface area contributed by atoms with Crippen molar-refractivity contribution in [3.63, 3.8) is 0 Å². The van der Waals surface area contributed by atoms with E-state index in [1.165, 1.54) is 12.3 Å². The van der Waals surface area contributed by atoms with Gasteiger partial charge in [0.2, 0.25) is 0 Å². The lowest BCUT2D eigenvalue weighted by Gasteiger charge is -2.25. The third-order valence-electron chi connectivity index (χ3n) is 2.15. The molecule has 0 aliphatic heterocycles. The van der Waals surface area contributed by atoms with E-state index in [9.17, 15) is 13.2 Å². The van der Waals surface area contributed by atoms with E-state index in [4.69, 9.17) is 16.9 Å². The Morgan fingerprint density at radius 1 is 1.50 bits per heavy atom. The van der Waals surface area contributed by atoms with Gasteiger partial charge in [0.05, 0.1) is 5.56 Å². The predicted octanol–water partition coefficient (Wildman–Crippen LogP) is 3.39. The van der Waals surface area contributed by atoms with E-state index in [0.29, 0.717) is 6.42 Å². The molecule has 98 valence electrons. The minimum Gasteiger partial charge on any atom is -0.346 e. The van der Waals surface area contributed by atoms with E-state index >= 15 is 0 Å². The molecule has 0 unspecified atom stereocenters. The van der Waals surface area contributed by atoms with Crippen molar-refractivity contribution >= 4 is 17.4 Å². The molecule has 0 aliphatic carbocycles. The van der Waals surface area contributed by atoms with Crippen LogP contribution < -0.4 is 4.90 Å². The molecule has 0 atom stereocenters. The van der Waals surface area contributed by atoms with Crippen LogP contribution in [0, 0.1) is 11.3 Å². The third kappa shape index (κ3) is 3.77. The number of pyridine rings is 1. The van der Waals surface area contributed by atoms with Gasteiger partial charge in [-0.25, -0.2) is 4.98 Å². The van der Waals surface area contributed by atoms with E-state index in [0.717, 1.165) is 4.90 Å². The highest BCUT2D eigenvalue weighted by atomic mass is 35.5. The highest BCUT2D eigenvalue weighted by Gasteiger charge is 2.32. The lowest BCUT2D eigenvalue weighted by Crippen LogP contribution is -2.35. The van der Waals surface area contributed by atoms with Crippen molar-refractivity contribution in [2.75, 3.05) is 18.0 Å². The molecule has 7 heteroatoms.